The molecule has 4 atom stereocenters. The molecule has 1 aliphatic heterocycles. The van der Waals surface area contributed by atoms with Gasteiger partial charge in [-0.05, 0) is 55.1 Å². The first-order valence-electron chi connectivity index (χ1n) is 9.10. The van der Waals surface area contributed by atoms with Gasteiger partial charge < -0.3 is 14.9 Å². The van der Waals surface area contributed by atoms with Crippen LogP contribution in [0.25, 0.3) is 0 Å². The van der Waals surface area contributed by atoms with Crippen molar-refractivity contribution in [2.45, 2.75) is 72.2 Å². The fourth-order valence-electron chi connectivity index (χ4n) is 5.53. The SMILES string of the molecule is CC1=C(CCC2=CC(O)OC2=O)[C@@]2(C)CCCC(C)(C)[C@@H]2[C@H](O)C1=O. The van der Waals surface area contributed by atoms with E-state index < -0.39 is 18.4 Å². The van der Waals surface area contributed by atoms with Gasteiger partial charge >= 0.3 is 5.97 Å². The molecule has 0 amide bonds. The summed E-state index contributed by atoms with van der Waals surface area (Å²) in [6.45, 7) is 8.22. The number of fused-ring (bicyclic) bond motifs is 1. The third kappa shape index (κ3) is 2.87. The number of carbonyl (C=O) groups is 2. The third-order valence-corrected chi connectivity index (χ3v) is 6.62. The number of ketones is 1. The molecule has 2 N–H and O–H groups in total. The molecule has 0 radical (unpaired) electrons. The molecule has 0 aromatic rings. The molecule has 0 aromatic heterocycles. The maximum absolute atomic E-state index is 12.7. The molecule has 0 spiro atoms. The maximum atomic E-state index is 12.7. The molecule has 1 unspecified atom stereocenters. The number of rotatable bonds is 3. The lowest BCUT2D eigenvalue weighted by Crippen LogP contribution is -2.55. The molecule has 0 saturated heterocycles. The van der Waals surface area contributed by atoms with E-state index in [4.69, 9.17) is 4.74 Å². The van der Waals surface area contributed by atoms with Crippen LogP contribution in [0, 0.1) is 16.7 Å². The summed E-state index contributed by atoms with van der Waals surface area (Å²) in [7, 11) is 0. The Morgan fingerprint density at radius 3 is 2.44 bits per heavy atom. The number of hydrogen-bond acceptors (Lipinski definition) is 5. The Morgan fingerprint density at radius 2 is 1.84 bits per heavy atom. The van der Waals surface area contributed by atoms with Gasteiger partial charge in [0.15, 0.2) is 5.78 Å². The van der Waals surface area contributed by atoms with Crippen LogP contribution < -0.4 is 0 Å². The van der Waals surface area contributed by atoms with Crippen molar-refractivity contribution in [3.8, 4) is 0 Å². The molecule has 1 saturated carbocycles. The Balaban J connectivity index is 1.94. The number of aliphatic hydroxyl groups is 2. The van der Waals surface area contributed by atoms with E-state index in [2.05, 4.69) is 20.8 Å². The first kappa shape index (κ1) is 18.3. The Labute approximate surface area is 148 Å². The van der Waals surface area contributed by atoms with Crippen molar-refractivity contribution in [3.63, 3.8) is 0 Å². The Kier molecular flexibility index (Phi) is 4.44. The van der Waals surface area contributed by atoms with Crippen LogP contribution in [-0.4, -0.2) is 34.4 Å². The first-order valence-corrected chi connectivity index (χ1v) is 9.10. The largest absolute Gasteiger partial charge is 0.429 e. The Bertz CT molecular complexity index is 672. The maximum Gasteiger partial charge on any atom is 0.336 e. The van der Waals surface area contributed by atoms with Crippen molar-refractivity contribution in [1.82, 2.24) is 0 Å². The average molecular weight is 348 g/mol. The topological polar surface area (TPSA) is 83.8 Å². The number of ether oxygens (including phenoxy) is 1. The summed E-state index contributed by atoms with van der Waals surface area (Å²) < 4.78 is 4.74. The standard InChI is InChI=1S/C20H28O5/c1-11-13(7-6-12-10-14(21)25-18(12)24)20(4)9-5-8-19(2,3)17(20)16(23)15(11)22/h10,14,16-17,21,23H,5-9H2,1-4H3/t14?,16-,17+,20-/m1/s1. The van der Waals surface area contributed by atoms with Gasteiger partial charge in [-0.25, -0.2) is 4.79 Å². The van der Waals surface area contributed by atoms with E-state index in [0.29, 0.717) is 24.0 Å². The second-order valence-corrected chi connectivity index (χ2v) is 8.64. The molecule has 25 heavy (non-hydrogen) atoms. The van der Waals surface area contributed by atoms with Gasteiger partial charge in [0.05, 0.1) is 0 Å². The van der Waals surface area contributed by atoms with Crippen molar-refractivity contribution >= 4 is 11.8 Å². The van der Waals surface area contributed by atoms with Gasteiger partial charge in [0.25, 0.3) is 0 Å². The van der Waals surface area contributed by atoms with E-state index in [1.54, 1.807) is 6.92 Å². The molecular formula is C20H28O5. The van der Waals surface area contributed by atoms with Crippen LogP contribution >= 0.6 is 0 Å². The number of aliphatic hydroxyl groups excluding tert-OH is 2. The van der Waals surface area contributed by atoms with Crippen LogP contribution in [-0.2, 0) is 14.3 Å². The van der Waals surface area contributed by atoms with Crippen LogP contribution in [0.2, 0.25) is 0 Å². The van der Waals surface area contributed by atoms with E-state index in [1.807, 2.05) is 0 Å². The predicted octanol–water partition coefficient (Wildman–Crippen LogP) is 2.66. The fourth-order valence-corrected chi connectivity index (χ4v) is 5.53. The van der Waals surface area contributed by atoms with Gasteiger partial charge in [0.2, 0.25) is 6.29 Å². The van der Waals surface area contributed by atoms with E-state index in [1.165, 1.54) is 6.08 Å². The zero-order valence-electron chi connectivity index (χ0n) is 15.5. The van der Waals surface area contributed by atoms with Gasteiger partial charge in [-0.2, -0.15) is 0 Å². The second kappa shape index (κ2) is 6.06. The number of Topliss-reactive ketones (excluding diaryl/α,β-unsaturated/α-hetero) is 1. The number of hydrogen-bond donors (Lipinski definition) is 2. The highest BCUT2D eigenvalue weighted by Gasteiger charge is 2.56. The molecule has 3 aliphatic rings. The van der Waals surface area contributed by atoms with Gasteiger partial charge in [-0.15, -0.1) is 0 Å². The lowest BCUT2D eigenvalue weighted by Gasteiger charge is -2.56. The van der Waals surface area contributed by atoms with Crippen LogP contribution in [0.5, 0.6) is 0 Å². The third-order valence-electron chi connectivity index (χ3n) is 6.62. The summed E-state index contributed by atoms with van der Waals surface area (Å²) in [5, 5.41) is 20.1. The zero-order valence-corrected chi connectivity index (χ0v) is 15.5. The lowest BCUT2D eigenvalue weighted by atomic mass is 9.48. The van der Waals surface area contributed by atoms with Gasteiger partial charge in [-0.1, -0.05) is 32.8 Å². The van der Waals surface area contributed by atoms with Crippen LogP contribution in [0.4, 0.5) is 0 Å². The molecule has 2 aliphatic carbocycles. The second-order valence-electron chi connectivity index (χ2n) is 8.64. The van der Waals surface area contributed by atoms with E-state index in [0.717, 1.165) is 24.8 Å². The van der Waals surface area contributed by atoms with Crippen LogP contribution in [0.1, 0.15) is 59.8 Å². The molecule has 1 fully saturated rings. The van der Waals surface area contributed by atoms with Gasteiger partial charge in [0, 0.05) is 11.5 Å². The van der Waals surface area contributed by atoms with Crippen molar-refractivity contribution < 1.29 is 24.5 Å². The molecule has 138 valence electrons. The normalized spacial score (nSPS) is 37.7. The fraction of sp³-hybridized carbons (Fsp3) is 0.700. The molecular weight excluding hydrogens is 320 g/mol. The highest BCUT2D eigenvalue weighted by atomic mass is 16.6. The number of cyclic esters (lactones) is 1. The highest BCUT2D eigenvalue weighted by molar-refractivity contribution is 6.00. The zero-order chi connectivity index (χ0) is 18.6. The summed E-state index contributed by atoms with van der Waals surface area (Å²) in [5.74, 6) is -0.788. The predicted molar refractivity (Wildman–Crippen MR) is 92.4 cm³/mol. The Hall–Kier alpha value is -1.46. The summed E-state index contributed by atoms with van der Waals surface area (Å²) in [6, 6.07) is 0. The van der Waals surface area contributed by atoms with E-state index in [9.17, 15) is 19.8 Å². The molecule has 5 heteroatoms. The van der Waals surface area contributed by atoms with Gasteiger partial charge in [0.1, 0.15) is 6.10 Å². The Morgan fingerprint density at radius 1 is 1.16 bits per heavy atom. The van der Waals surface area contributed by atoms with Crippen molar-refractivity contribution in [1.29, 1.82) is 0 Å². The number of carbonyl (C=O) groups excluding carboxylic acids is 2. The molecule has 1 heterocycles. The molecule has 5 nitrogen and oxygen atoms in total. The lowest BCUT2D eigenvalue weighted by molar-refractivity contribution is -0.151. The van der Waals surface area contributed by atoms with Crippen LogP contribution in [0.15, 0.2) is 22.8 Å². The van der Waals surface area contributed by atoms with Crippen LogP contribution in [0.3, 0.4) is 0 Å². The average Bonchev–Trinajstić information content (AvgIpc) is 2.81. The quantitative estimate of drug-likeness (QED) is 0.766. The summed E-state index contributed by atoms with van der Waals surface area (Å²) >= 11 is 0. The monoisotopic (exact) mass is 348 g/mol. The number of esters is 1. The van der Waals surface area contributed by atoms with Crippen molar-refractivity contribution in [3.05, 3.63) is 22.8 Å². The first-order chi connectivity index (χ1) is 11.6. The summed E-state index contributed by atoms with van der Waals surface area (Å²) in [4.78, 5) is 24.4. The smallest absolute Gasteiger partial charge is 0.336 e. The molecule has 0 aromatic carbocycles. The van der Waals surface area contributed by atoms with E-state index in [-0.39, 0.29) is 22.5 Å². The van der Waals surface area contributed by atoms with E-state index >= 15 is 0 Å². The minimum atomic E-state index is -1.16. The molecule has 3 rings (SSSR count). The highest BCUT2D eigenvalue weighted by Crippen LogP contribution is 2.59. The minimum absolute atomic E-state index is 0.115. The van der Waals surface area contributed by atoms with Crippen molar-refractivity contribution in [2.75, 3.05) is 0 Å². The molecule has 0 bridgehead atoms. The summed E-state index contributed by atoms with van der Waals surface area (Å²) in [6.07, 6.45) is 3.31. The number of allylic oxidation sites excluding steroid dienone is 1. The minimum Gasteiger partial charge on any atom is -0.429 e. The van der Waals surface area contributed by atoms with Gasteiger partial charge in [-0.3, -0.25) is 4.79 Å². The van der Waals surface area contributed by atoms with Crippen molar-refractivity contribution in [2.24, 2.45) is 16.7 Å². The summed E-state index contributed by atoms with van der Waals surface area (Å²) in [5.41, 5.74) is 1.78.